The number of hydrogen-bond donors (Lipinski definition) is 1. The van der Waals surface area contributed by atoms with Gasteiger partial charge in [0.05, 0.1) is 17.5 Å². The van der Waals surface area contributed by atoms with Crippen molar-refractivity contribution in [1.29, 1.82) is 0 Å². The molecule has 0 bridgehead atoms. The van der Waals surface area contributed by atoms with Gasteiger partial charge in [0.1, 0.15) is 0 Å². The fourth-order valence-corrected chi connectivity index (χ4v) is 5.26. The molecule has 0 spiro atoms. The molecule has 0 amide bonds. The number of pyridine rings is 1. The average Bonchev–Trinajstić information content (AvgIpc) is 3.15. The van der Waals surface area contributed by atoms with E-state index in [9.17, 15) is 4.79 Å². The fourth-order valence-electron chi connectivity index (χ4n) is 5.26. The smallest absolute Gasteiger partial charge is 0.189 e. The Hall–Kier alpha value is -3.92. The number of aromatic nitrogens is 1. The second-order valence-electron chi connectivity index (χ2n) is 9.78. The Morgan fingerprint density at radius 3 is 2.58 bits per heavy atom. The van der Waals surface area contributed by atoms with E-state index in [4.69, 9.17) is 10.1 Å². The minimum Gasteiger partial charge on any atom is -0.515 e. The summed E-state index contributed by atoms with van der Waals surface area (Å²) in [6.07, 6.45) is 6.74. The Kier molecular flexibility index (Phi) is 7.13. The van der Waals surface area contributed by atoms with Crippen molar-refractivity contribution in [2.24, 2.45) is 5.92 Å². The van der Waals surface area contributed by atoms with E-state index < -0.39 is 0 Å². The summed E-state index contributed by atoms with van der Waals surface area (Å²) in [6, 6.07) is 27.1. The number of benzene rings is 3. The zero-order chi connectivity index (χ0) is 24.9. The lowest BCUT2D eigenvalue weighted by Gasteiger charge is -2.22. The van der Waals surface area contributed by atoms with Gasteiger partial charge in [0.15, 0.2) is 5.78 Å². The zero-order valence-corrected chi connectivity index (χ0v) is 20.7. The molecule has 5 rings (SSSR count). The van der Waals surface area contributed by atoms with Gasteiger partial charge in [-0.3, -0.25) is 4.79 Å². The van der Waals surface area contributed by atoms with Crippen molar-refractivity contribution < 1.29 is 9.90 Å². The van der Waals surface area contributed by atoms with Gasteiger partial charge in [-0.2, -0.15) is 0 Å². The number of ketones is 1. The zero-order valence-electron chi connectivity index (χ0n) is 20.7. The number of anilines is 1. The van der Waals surface area contributed by atoms with Gasteiger partial charge in [-0.15, -0.1) is 0 Å². The molecule has 1 unspecified atom stereocenters. The van der Waals surface area contributed by atoms with Crippen molar-refractivity contribution in [3.63, 3.8) is 0 Å². The SMILES string of the molecule is Cc1ccc2nc(-c3ccc(CC4CCCN(c5ccccc5)CC4)cc3)cc(C(=O)/C=C/O)c2c1. The van der Waals surface area contributed by atoms with Crippen LogP contribution in [0.5, 0.6) is 0 Å². The van der Waals surface area contributed by atoms with Gasteiger partial charge in [0.25, 0.3) is 0 Å². The molecule has 0 radical (unpaired) electrons. The molecule has 1 aliphatic heterocycles. The summed E-state index contributed by atoms with van der Waals surface area (Å²) in [5.74, 6) is 0.451. The van der Waals surface area contributed by atoms with E-state index in [-0.39, 0.29) is 5.78 Å². The molecule has 1 fully saturated rings. The molecule has 4 nitrogen and oxygen atoms in total. The minimum atomic E-state index is -0.230. The summed E-state index contributed by atoms with van der Waals surface area (Å²) >= 11 is 0. The average molecular weight is 477 g/mol. The maximum absolute atomic E-state index is 12.7. The fraction of sp³-hybridized carbons (Fsp3) is 0.250. The van der Waals surface area contributed by atoms with Crippen LogP contribution in [0.15, 0.2) is 91.2 Å². The van der Waals surface area contributed by atoms with Gasteiger partial charge in [-0.1, -0.05) is 54.1 Å². The van der Waals surface area contributed by atoms with Crippen LogP contribution in [0.25, 0.3) is 22.2 Å². The van der Waals surface area contributed by atoms with Crippen molar-refractivity contribution in [2.45, 2.75) is 32.6 Å². The molecule has 1 aromatic heterocycles. The van der Waals surface area contributed by atoms with Crippen LogP contribution in [-0.2, 0) is 6.42 Å². The summed E-state index contributed by atoms with van der Waals surface area (Å²) in [7, 11) is 0. The van der Waals surface area contributed by atoms with Gasteiger partial charge in [-0.05, 0) is 74.4 Å². The number of nitrogens with zero attached hydrogens (tertiary/aromatic N) is 2. The standard InChI is InChI=1S/C32H32N2O2/c1-23-9-14-30-28(20-23)29(32(36)16-19-35)22-31(33-30)26-12-10-25(11-13-26)21-24-6-5-17-34(18-15-24)27-7-3-2-4-8-27/h2-4,7-14,16,19-20,22,24,35H,5-6,15,17-18,21H2,1H3/b19-16+. The van der Waals surface area contributed by atoms with Crippen LogP contribution in [-0.4, -0.2) is 29.0 Å². The predicted octanol–water partition coefficient (Wildman–Crippen LogP) is 7.31. The molecule has 1 N–H and O–H groups in total. The number of allylic oxidation sites excluding steroid dienone is 1. The normalized spacial score (nSPS) is 16.4. The van der Waals surface area contributed by atoms with E-state index in [0.29, 0.717) is 11.5 Å². The molecule has 1 saturated heterocycles. The number of carbonyl (C=O) groups excluding carboxylic acids is 1. The van der Waals surface area contributed by atoms with Crippen LogP contribution >= 0.6 is 0 Å². The highest BCUT2D eigenvalue weighted by Gasteiger charge is 2.18. The first-order valence-electron chi connectivity index (χ1n) is 12.8. The van der Waals surface area contributed by atoms with Crippen LogP contribution in [0.4, 0.5) is 5.69 Å². The summed E-state index contributed by atoms with van der Waals surface area (Å²) in [4.78, 5) is 20.0. The Morgan fingerprint density at radius 2 is 1.81 bits per heavy atom. The van der Waals surface area contributed by atoms with E-state index in [1.807, 2.05) is 31.2 Å². The highest BCUT2D eigenvalue weighted by molar-refractivity contribution is 6.13. The molecule has 4 heteroatoms. The van der Waals surface area contributed by atoms with Crippen LogP contribution < -0.4 is 4.90 Å². The van der Waals surface area contributed by atoms with E-state index >= 15 is 0 Å². The number of rotatable bonds is 6. The number of aliphatic hydroxyl groups is 1. The van der Waals surface area contributed by atoms with Crippen molar-refractivity contribution in [3.05, 3.63) is 108 Å². The summed E-state index contributed by atoms with van der Waals surface area (Å²) in [5, 5.41) is 9.95. The van der Waals surface area contributed by atoms with Crippen molar-refractivity contribution >= 4 is 22.4 Å². The lowest BCUT2D eigenvalue weighted by atomic mass is 9.92. The lowest BCUT2D eigenvalue weighted by molar-refractivity contribution is 0.104. The third kappa shape index (κ3) is 5.33. The van der Waals surface area contributed by atoms with Gasteiger partial charge < -0.3 is 10.0 Å². The van der Waals surface area contributed by atoms with Crippen LogP contribution in [0.3, 0.4) is 0 Å². The lowest BCUT2D eigenvalue weighted by Crippen LogP contribution is -2.24. The van der Waals surface area contributed by atoms with Crippen LogP contribution in [0, 0.1) is 12.8 Å². The topological polar surface area (TPSA) is 53.4 Å². The van der Waals surface area contributed by atoms with E-state index in [0.717, 1.165) is 53.5 Å². The first kappa shape index (κ1) is 23.8. The first-order chi connectivity index (χ1) is 17.6. The Bertz CT molecular complexity index is 1380. The molecule has 182 valence electrons. The number of carbonyl (C=O) groups is 1. The second-order valence-corrected chi connectivity index (χ2v) is 9.78. The maximum Gasteiger partial charge on any atom is 0.189 e. The summed E-state index contributed by atoms with van der Waals surface area (Å²) in [6.45, 7) is 4.22. The quantitative estimate of drug-likeness (QED) is 0.180. The molecule has 3 aromatic carbocycles. The molecule has 1 atom stereocenters. The van der Waals surface area contributed by atoms with Crippen molar-refractivity contribution in [1.82, 2.24) is 4.98 Å². The van der Waals surface area contributed by atoms with Crippen LogP contribution in [0.1, 0.15) is 40.7 Å². The number of para-hydroxylation sites is 1. The third-order valence-electron chi connectivity index (χ3n) is 7.20. The number of hydrogen-bond acceptors (Lipinski definition) is 4. The molecular weight excluding hydrogens is 444 g/mol. The Balaban J connectivity index is 1.33. The summed E-state index contributed by atoms with van der Waals surface area (Å²) in [5.41, 5.74) is 6.81. The number of aryl methyl sites for hydroxylation is 1. The Labute approximate surface area is 212 Å². The van der Waals surface area contributed by atoms with Gasteiger partial charge in [0.2, 0.25) is 0 Å². The van der Waals surface area contributed by atoms with E-state index in [1.54, 1.807) is 0 Å². The molecule has 0 saturated carbocycles. The monoisotopic (exact) mass is 476 g/mol. The highest BCUT2D eigenvalue weighted by atomic mass is 16.2. The third-order valence-corrected chi connectivity index (χ3v) is 7.20. The minimum absolute atomic E-state index is 0.230. The molecular formula is C32H32N2O2. The van der Waals surface area contributed by atoms with Gasteiger partial charge >= 0.3 is 0 Å². The largest absolute Gasteiger partial charge is 0.515 e. The number of fused-ring (bicyclic) bond motifs is 1. The second kappa shape index (κ2) is 10.8. The van der Waals surface area contributed by atoms with Gasteiger partial charge in [-0.25, -0.2) is 4.98 Å². The van der Waals surface area contributed by atoms with Crippen LogP contribution in [0.2, 0.25) is 0 Å². The first-order valence-corrected chi connectivity index (χ1v) is 12.8. The molecule has 2 heterocycles. The van der Waals surface area contributed by atoms with E-state index in [2.05, 4.69) is 59.5 Å². The van der Waals surface area contributed by atoms with Crippen molar-refractivity contribution in [2.75, 3.05) is 18.0 Å². The molecule has 36 heavy (non-hydrogen) atoms. The number of aliphatic hydroxyl groups excluding tert-OH is 1. The molecule has 4 aromatic rings. The highest BCUT2D eigenvalue weighted by Crippen LogP contribution is 2.29. The van der Waals surface area contributed by atoms with E-state index in [1.165, 1.54) is 36.6 Å². The maximum atomic E-state index is 12.7. The Morgan fingerprint density at radius 1 is 1.00 bits per heavy atom. The summed E-state index contributed by atoms with van der Waals surface area (Å²) < 4.78 is 0. The van der Waals surface area contributed by atoms with Gasteiger partial charge in [0, 0.05) is 41.4 Å². The predicted molar refractivity (Wildman–Crippen MR) is 148 cm³/mol. The molecule has 1 aliphatic rings. The molecule has 0 aliphatic carbocycles. The van der Waals surface area contributed by atoms with Crippen molar-refractivity contribution in [3.8, 4) is 11.3 Å².